The highest BCUT2D eigenvalue weighted by molar-refractivity contribution is 5.74. The van der Waals surface area contributed by atoms with Gasteiger partial charge in [-0.2, -0.15) is 0 Å². The first kappa shape index (κ1) is 21.4. The molecule has 2 heterocycles. The summed E-state index contributed by atoms with van der Waals surface area (Å²) >= 11 is 0. The molecule has 154 valence electrons. The fourth-order valence-corrected chi connectivity index (χ4v) is 2.90. The number of benzene rings is 1. The third-order valence-electron chi connectivity index (χ3n) is 4.78. The van der Waals surface area contributed by atoms with Crippen LogP contribution in [0.2, 0.25) is 0 Å². The molecule has 0 aliphatic heterocycles. The van der Waals surface area contributed by atoms with Gasteiger partial charge in [0.05, 0.1) is 11.1 Å². The molecule has 0 saturated heterocycles. The van der Waals surface area contributed by atoms with Crippen LogP contribution in [0.5, 0.6) is 0 Å². The summed E-state index contributed by atoms with van der Waals surface area (Å²) in [5.41, 5.74) is -0.204. The van der Waals surface area contributed by atoms with E-state index in [1.807, 2.05) is 23.0 Å². The van der Waals surface area contributed by atoms with Gasteiger partial charge in [0.15, 0.2) is 48.1 Å². The lowest BCUT2D eigenvalue weighted by atomic mass is 10.0. The van der Waals surface area contributed by atoms with Gasteiger partial charge < -0.3 is 0 Å². The predicted octanol–water partition coefficient (Wildman–Crippen LogP) is 5.20. The average Bonchev–Trinajstić information content (AvgIpc) is 2.78. The van der Waals surface area contributed by atoms with E-state index >= 15 is 0 Å². The van der Waals surface area contributed by atoms with Crippen molar-refractivity contribution in [2.45, 2.75) is 26.9 Å². The van der Waals surface area contributed by atoms with Crippen molar-refractivity contribution >= 4 is 24.3 Å². The molecular weight excluding hydrogens is 392 g/mol. The topological polar surface area (TPSA) is 7.76 Å². The van der Waals surface area contributed by atoms with Gasteiger partial charge in [-0.05, 0) is 37.1 Å². The normalized spacial score (nSPS) is 11.7. The molecule has 3 aromatic rings. The third kappa shape index (κ3) is 4.64. The fraction of sp³-hybridized carbons (Fsp3) is 0.167. The van der Waals surface area contributed by atoms with Crippen molar-refractivity contribution in [3.63, 3.8) is 0 Å². The minimum atomic E-state index is -1.43. The van der Waals surface area contributed by atoms with Gasteiger partial charge in [0, 0.05) is 24.3 Å². The maximum absolute atomic E-state index is 14.5. The number of pyridine rings is 2. The summed E-state index contributed by atoms with van der Waals surface area (Å²) in [5, 5.41) is 0. The number of aryl methyl sites for hydroxylation is 2. The Kier molecular flexibility index (Phi) is 6.77. The second kappa shape index (κ2) is 9.48. The van der Waals surface area contributed by atoms with Crippen molar-refractivity contribution in [1.82, 2.24) is 0 Å². The molecule has 0 atom stereocenters. The number of halogens is 4. The second-order valence-electron chi connectivity index (χ2n) is 6.67. The molecule has 2 aromatic heterocycles. The average molecular weight is 414 g/mol. The van der Waals surface area contributed by atoms with Crippen molar-refractivity contribution in [2.24, 2.45) is 0 Å². The highest BCUT2D eigenvalue weighted by Gasteiger charge is 2.22. The number of nitrogens with zero attached hydrogens (tertiary/aromatic N) is 2. The maximum atomic E-state index is 14.5. The van der Waals surface area contributed by atoms with Crippen LogP contribution < -0.4 is 9.13 Å². The molecule has 3 rings (SSSR count). The van der Waals surface area contributed by atoms with E-state index < -0.39 is 34.4 Å². The third-order valence-corrected chi connectivity index (χ3v) is 4.78. The van der Waals surface area contributed by atoms with E-state index in [1.165, 1.54) is 12.2 Å². The minimum Gasteiger partial charge on any atom is -0.205 e. The maximum Gasteiger partial charge on any atom is 0.169 e. The van der Waals surface area contributed by atoms with E-state index in [1.54, 1.807) is 49.1 Å². The van der Waals surface area contributed by atoms with Crippen LogP contribution in [-0.4, -0.2) is 0 Å². The van der Waals surface area contributed by atoms with Crippen molar-refractivity contribution in [2.75, 3.05) is 0 Å². The van der Waals surface area contributed by atoms with E-state index in [4.69, 9.17) is 0 Å². The Hall–Kier alpha value is -3.28. The van der Waals surface area contributed by atoms with Gasteiger partial charge in [0.2, 0.25) is 0 Å². The van der Waals surface area contributed by atoms with Crippen LogP contribution in [0.1, 0.15) is 36.1 Å². The molecule has 2 nitrogen and oxygen atoms in total. The molecule has 0 aliphatic rings. The van der Waals surface area contributed by atoms with Gasteiger partial charge in [0.1, 0.15) is 13.1 Å². The predicted molar refractivity (Wildman–Crippen MR) is 109 cm³/mol. The molecule has 0 radical (unpaired) electrons. The molecule has 0 spiro atoms. The van der Waals surface area contributed by atoms with E-state index in [2.05, 4.69) is 0 Å². The standard InChI is InChI=1S/C24H22F4N2/c1-3-29-13-9-17(10-14-29)5-7-19-21(25)23(27)20(24(28)22(19)26)8-6-18-11-15-30(4-2)16-12-18/h5-16H,3-4H2,1-2H3/q+2/b7-5+,8-6+. The smallest absolute Gasteiger partial charge is 0.169 e. The summed E-state index contributed by atoms with van der Waals surface area (Å²) in [5.74, 6) is -5.72. The molecule has 0 unspecified atom stereocenters. The highest BCUT2D eigenvalue weighted by atomic mass is 19.2. The lowest BCUT2D eigenvalue weighted by molar-refractivity contribution is -0.693. The largest absolute Gasteiger partial charge is 0.205 e. The quantitative estimate of drug-likeness (QED) is 0.298. The molecule has 0 fully saturated rings. The van der Waals surface area contributed by atoms with Crippen LogP contribution >= 0.6 is 0 Å². The van der Waals surface area contributed by atoms with Crippen LogP contribution in [-0.2, 0) is 13.1 Å². The van der Waals surface area contributed by atoms with E-state index in [-0.39, 0.29) is 0 Å². The number of rotatable bonds is 6. The SMILES string of the molecule is CC[n+]1ccc(/C=C/c2c(F)c(F)c(/C=C/c3cc[n+](CC)cc3)c(F)c2F)cc1. The second-order valence-corrected chi connectivity index (χ2v) is 6.67. The van der Waals surface area contributed by atoms with E-state index in [9.17, 15) is 17.6 Å². The number of aromatic nitrogens is 2. The van der Waals surface area contributed by atoms with Crippen molar-refractivity contribution in [1.29, 1.82) is 0 Å². The molecular formula is C24H22F4N2+2. The zero-order valence-corrected chi connectivity index (χ0v) is 16.7. The van der Waals surface area contributed by atoms with E-state index in [0.717, 1.165) is 25.2 Å². The van der Waals surface area contributed by atoms with Gasteiger partial charge in [-0.3, -0.25) is 0 Å². The molecule has 0 amide bonds. The van der Waals surface area contributed by atoms with Crippen molar-refractivity contribution < 1.29 is 26.7 Å². The molecule has 0 N–H and O–H groups in total. The Morgan fingerprint density at radius 3 is 1.13 bits per heavy atom. The summed E-state index contributed by atoms with van der Waals surface area (Å²) in [4.78, 5) is 0. The lowest BCUT2D eigenvalue weighted by Crippen LogP contribution is -2.30. The summed E-state index contributed by atoms with van der Waals surface area (Å²) in [7, 11) is 0. The number of hydrogen-bond donors (Lipinski definition) is 0. The first-order valence-corrected chi connectivity index (χ1v) is 9.64. The Bertz CT molecular complexity index is 968. The van der Waals surface area contributed by atoms with Crippen LogP contribution in [0.15, 0.2) is 49.1 Å². The van der Waals surface area contributed by atoms with Gasteiger partial charge in [-0.15, -0.1) is 0 Å². The van der Waals surface area contributed by atoms with Gasteiger partial charge >= 0.3 is 0 Å². The van der Waals surface area contributed by atoms with Crippen LogP contribution in [0.4, 0.5) is 17.6 Å². The van der Waals surface area contributed by atoms with Crippen LogP contribution in [0.3, 0.4) is 0 Å². The molecule has 1 aromatic carbocycles. The highest BCUT2D eigenvalue weighted by Crippen LogP contribution is 2.27. The summed E-state index contributed by atoms with van der Waals surface area (Å²) < 4.78 is 61.7. The van der Waals surface area contributed by atoms with Crippen molar-refractivity contribution in [3.8, 4) is 0 Å². The Morgan fingerprint density at radius 1 is 0.567 bits per heavy atom. The molecule has 0 bridgehead atoms. The van der Waals surface area contributed by atoms with Crippen LogP contribution in [0, 0.1) is 23.3 Å². The van der Waals surface area contributed by atoms with E-state index in [0.29, 0.717) is 11.1 Å². The lowest BCUT2D eigenvalue weighted by Gasteiger charge is -2.07. The summed E-state index contributed by atoms with van der Waals surface area (Å²) in [6.07, 6.45) is 12.1. The first-order chi connectivity index (χ1) is 14.4. The molecule has 0 aliphatic carbocycles. The van der Waals surface area contributed by atoms with Gasteiger partial charge in [0.25, 0.3) is 0 Å². The van der Waals surface area contributed by atoms with Gasteiger partial charge in [-0.1, -0.05) is 12.2 Å². The minimum absolute atomic E-state index is 0.650. The molecule has 30 heavy (non-hydrogen) atoms. The number of hydrogen-bond acceptors (Lipinski definition) is 0. The zero-order valence-electron chi connectivity index (χ0n) is 16.7. The Labute approximate surface area is 173 Å². The molecule has 6 heteroatoms. The van der Waals surface area contributed by atoms with Crippen LogP contribution in [0.25, 0.3) is 24.3 Å². The van der Waals surface area contributed by atoms with Gasteiger partial charge in [-0.25, -0.2) is 26.7 Å². The Balaban J connectivity index is 1.92. The van der Waals surface area contributed by atoms with Crippen molar-refractivity contribution in [3.05, 3.63) is 94.6 Å². The zero-order chi connectivity index (χ0) is 21.7. The molecule has 0 saturated carbocycles. The monoisotopic (exact) mass is 414 g/mol. The first-order valence-electron chi connectivity index (χ1n) is 9.64. The summed E-state index contributed by atoms with van der Waals surface area (Å²) in [6, 6.07) is 6.95. The Morgan fingerprint density at radius 2 is 0.867 bits per heavy atom. The fourth-order valence-electron chi connectivity index (χ4n) is 2.90. The summed E-state index contributed by atoms with van der Waals surface area (Å²) in [6.45, 7) is 5.50.